The van der Waals surface area contributed by atoms with Crippen molar-refractivity contribution in [1.82, 2.24) is 0 Å². The predicted molar refractivity (Wildman–Crippen MR) is 98.3 cm³/mol. The maximum atomic E-state index is 8.56. The molecule has 0 radical (unpaired) electrons. The van der Waals surface area contributed by atoms with Crippen molar-refractivity contribution >= 4 is 71.7 Å². The fourth-order valence-corrected chi connectivity index (χ4v) is 4.64. The molecule has 8 N–H and O–H groups in total. The zero-order valence-corrected chi connectivity index (χ0v) is 15.4. The predicted octanol–water partition coefficient (Wildman–Crippen LogP) is 4.91. The monoisotopic (exact) mass is 452 g/mol. The van der Waals surface area contributed by atoms with Crippen molar-refractivity contribution in [3.63, 3.8) is 0 Å². The number of thioether (sulfide) groups is 4. The molecule has 0 saturated carbocycles. The lowest BCUT2D eigenvalue weighted by molar-refractivity contribution is 0.135. The molecule has 2 rings (SSSR count). The van der Waals surface area contributed by atoms with E-state index in [1.54, 1.807) is 0 Å². The van der Waals surface area contributed by atoms with Gasteiger partial charge in [0.2, 0.25) is 0 Å². The van der Waals surface area contributed by atoms with Crippen LogP contribution in [0.5, 0.6) is 0 Å². The van der Waals surface area contributed by atoms with E-state index in [1.807, 2.05) is 47.0 Å². The van der Waals surface area contributed by atoms with Crippen LogP contribution in [0.3, 0.4) is 0 Å². The molecule has 0 aromatic rings. The molecule has 0 bridgehead atoms. The summed E-state index contributed by atoms with van der Waals surface area (Å²) in [5, 5.41) is 64.3. The van der Waals surface area contributed by atoms with E-state index in [4.69, 9.17) is 60.0 Å². The Morgan fingerprint density at radius 3 is 0.692 bits per heavy atom. The van der Waals surface area contributed by atoms with Crippen LogP contribution in [0.1, 0.15) is 0 Å². The molecule has 0 saturated heterocycles. The summed E-state index contributed by atoms with van der Waals surface area (Å²) in [5.74, 6) is 0. The Morgan fingerprint density at radius 2 is 0.577 bits per heavy atom. The summed E-state index contributed by atoms with van der Waals surface area (Å²) in [5.41, 5.74) is 0. The van der Waals surface area contributed by atoms with Crippen molar-refractivity contribution in [2.45, 2.75) is 0 Å². The van der Waals surface area contributed by atoms with Crippen LogP contribution in [-0.2, 0) is 0 Å². The molecule has 0 unspecified atom stereocenters. The highest BCUT2D eigenvalue weighted by molar-refractivity contribution is 8.33. The Balaban J connectivity index is -0.000000284. The first-order chi connectivity index (χ1) is 11.9. The van der Waals surface area contributed by atoms with Crippen LogP contribution in [0.4, 0.5) is 19.2 Å². The third-order valence-corrected chi connectivity index (χ3v) is 5.76. The third kappa shape index (κ3) is 37.7. The summed E-state index contributed by atoms with van der Waals surface area (Å²) in [4.78, 5) is 34.2. The van der Waals surface area contributed by atoms with Crippen LogP contribution in [0.2, 0.25) is 0 Å². The van der Waals surface area contributed by atoms with E-state index >= 15 is 0 Å². The van der Waals surface area contributed by atoms with Crippen molar-refractivity contribution in [3.05, 3.63) is 30.1 Å². The minimum Gasteiger partial charge on any atom is -0.450 e. The van der Waals surface area contributed by atoms with Gasteiger partial charge < -0.3 is 40.9 Å². The number of carbonyl (C=O) groups is 4. The molecule has 2 aliphatic heterocycles. The number of rotatable bonds is 0. The first-order valence-electron chi connectivity index (χ1n) is 5.28. The van der Waals surface area contributed by atoms with Gasteiger partial charge in [0.1, 0.15) is 0 Å². The summed E-state index contributed by atoms with van der Waals surface area (Å²) in [6.45, 7) is 0. The summed E-state index contributed by atoms with van der Waals surface area (Å²) in [7, 11) is 0. The van der Waals surface area contributed by atoms with Gasteiger partial charge in [0.15, 0.2) is 0 Å². The van der Waals surface area contributed by atoms with Gasteiger partial charge in [-0.2, -0.15) is 0 Å². The van der Waals surface area contributed by atoms with Gasteiger partial charge in [-0.25, -0.2) is 19.2 Å². The number of carboxylic acid groups (broad SMARTS) is 8. The minimum absolute atomic E-state index is 1.43. The van der Waals surface area contributed by atoms with Gasteiger partial charge in [-0.05, 0) is 21.6 Å². The van der Waals surface area contributed by atoms with Crippen LogP contribution < -0.4 is 0 Å². The molecule has 2 heterocycles. The Labute approximate surface area is 161 Å². The van der Waals surface area contributed by atoms with Crippen molar-refractivity contribution in [3.8, 4) is 0 Å². The molecule has 0 fully saturated rings. The van der Waals surface area contributed by atoms with Crippen LogP contribution in [0.15, 0.2) is 30.1 Å². The van der Waals surface area contributed by atoms with E-state index in [0.29, 0.717) is 0 Å². The van der Waals surface area contributed by atoms with Gasteiger partial charge in [-0.15, -0.1) is 0 Å². The van der Waals surface area contributed by atoms with Gasteiger partial charge in [0.25, 0.3) is 0 Å². The fourth-order valence-electron chi connectivity index (χ4n) is 0.606. The van der Waals surface area contributed by atoms with Gasteiger partial charge in [-0.3, -0.25) is 0 Å². The van der Waals surface area contributed by atoms with Crippen molar-refractivity contribution < 1.29 is 60.0 Å². The van der Waals surface area contributed by atoms with E-state index in [1.165, 1.54) is 8.47 Å². The average molecular weight is 452 g/mol. The van der Waals surface area contributed by atoms with E-state index in [0.717, 1.165) is 0 Å². The summed E-state index contributed by atoms with van der Waals surface area (Å²) in [6, 6.07) is 0. The second-order valence-electron chi connectivity index (χ2n) is 2.72. The molecular weight excluding hydrogens is 440 g/mol. The van der Waals surface area contributed by atoms with Gasteiger partial charge in [-0.1, -0.05) is 47.0 Å². The van der Waals surface area contributed by atoms with E-state index in [2.05, 4.69) is 21.6 Å². The van der Waals surface area contributed by atoms with Crippen molar-refractivity contribution in [2.75, 3.05) is 0 Å². The maximum Gasteiger partial charge on any atom is 0.503 e. The Kier molecular flexibility index (Phi) is 20.9. The Hall–Kier alpha value is -2.30. The molecule has 0 aliphatic carbocycles. The van der Waals surface area contributed by atoms with Crippen LogP contribution in [0.25, 0.3) is 0 Å². The second-order valence-corrected chi connectivity index (χ2v) is 6.90. The lowest BCUT2D eigenvalue weighted by atomic mass is 11.2. The topological polar surface area (TPSA) is 230 Å². The first kappa shape index (κ1) is 28.5. The smallest absolute Gasteiger partial charge is 0.450 e. The standard InChI is InChI=1S/C6H4S4.4CH2O3/c1-2-8-5(7-1)6-9-3-4-10-6;4*2-1(3)4/h1-4H;4*(H2,2,3,4). The summed E-state index contributed by atoms with van der Waals surface area (Å²) < 4.78 is 2.86. The minimum atomic E-state index is -1.83. The number of hydrogen-bond donors (Lipinski definition) is 8. The summed E-state index contributed by atoms with van der Waals surface area (Å²) in [6.07, 6.45) is -7.33. The van der Waals surface area contributed by atoms with Gasteiger partial charge >= 0.3 is 24.6 Å². The molecule has 26 heavy (non-hydrogen) atoms. The van der Waals surface area contributed by atoms with Crippen LogP contribution in [0, 0.1) is 0 Å². The van der Waals surface area contributed by atoms with Crippen molar-refractivity contribution in [2.24, 2.45) is 0 Å². The highest BCUT2D eigenvalue weighted by Gasteiger charge is 2.12. The van der Waals surface area contributed by atoms with E-state index in [9.17, 15) is 0 Å². The molecule has 0 aromatic heterocycles. The normalized spacial score (nSPS) is 12.6. The zero-order valence-electron chi connectivity index (χ0n) is 12.2. The Bertz CT molecular complexity index is 448. The molecule has 0 aromatic carbocycles. The molecule has 148 valence electrons. The molecule has 2 aliphatic rings. The quantitative estimate of drug-likeness (QED) is 0.244. The molecule has 0 amide bonds. The van der Waals surface area contributed by atoms with Gasteiger partial charge in [0, 0.05) is 0 Å². The largest absolute Gasteiger partial charge is 0.503 e. The molecule has 0 atom stereocenters. The van der Waals surface area contributed by atoms with E-state index < -0.39 is 24.6 Å². The molecule has 16 heteroatoms. The molecule has 12 nitrogen and oxygen atoms in total. The fraction of sp³-hybridized carbons (Fsp3) is 0. The zero-order chi connectivity index (χ0) is 21.1. The molecule has 0 spiro atoms. The summed E-state index contributed by atoms with van der Waals surface area (Å²) >= 11 is 7.28. The highest BCUT2D eigenvalue weighted by atomic mass is 32.2. The number of hydrogen-bond acceptors (Lipinski definition) is 8. The SMILES string of the molecule is C1=CSC(=C2SC=CS2)S1.O=C(O)O.O=C(O)O.O=C(O)O.O=C(O)O. The third-order valence-electron chi connectivity index (χ3n) is 0.978. The van der Waals surface area contributed by atoms with E-state index in [-0.39, 0.29) is 0 Å². The van der Waals surface area contributed by atoms with Crippen molar-refractivity contribution in [1.29, 1.82) is 0 Å². The second kappa shape index (κ2) is 19.0. The van der Waals surface area contributed by atoms with Crippen LogP contribution in [-0.4, -0.2) is 65.5 Å². The first-order valence-corrected chi connectivity index (χ1v) is 8.80. The van der Waals surface area contributed by atoms with Crippen LogP contribution >= 0.6 is 47.0 Å². The Morgan fingerprint density at radius 1 is 0.462 bits per heavy atom. The lowest BCUT2D eigenvalue weighted by Gasteiger charge is -1.97. The molecular formula is C10H12O12S4. The maximum absolute atomic E-state index is 8.56. The van der Waals surface area contributed by atoms with Gasteiger partial charge in [0.05, 0.1) is 8.47 Å². The lowest BCUT2D eigenvalue weighted by Crippen LogP contribution is -1.81. The highest BCUT2D eigenvalue weighted by Crippen LogP contribution is 2.50. The average Bonchev–Trinajstić information content (AvgIpc) is 3.10.